The number of para-hydroxylation sites is 1. The molecule has 0 aliphatic carbocycles. The summed E-state index contributed by atoms with van der Waals surface area (Å²) in [7, 11) is 0. The Kier molecular flexibility index (Phi) is 6.67. The number of halogens is 2. The first-order chi connectivity index (χ1) is 13.9. The van der Waals surface area contributed by atoms with Gasteiger partial charge in [-0.15, -0.1) is 0 Å². The second-order valence-electron chi connectivity index (χ2n) is 6.52. The summed E-state index contributed by atoms with van der Waals surface area (Å²) in [5.74, 6) is -0.959. The van der Waals surface area contributed by atoms with Gasteiger partial charge in [-0.1, -0.05) is 48.5 Å². The van der Waals surface area contributed by atoms with E-state index in [1.54, 1.807) is 30.3 Å². The zero-order valence-corrected chi connectivity index (χ0v) is 17.6. The van der Waals surface area contributed by atoms with Crippen molar-refractivity contribution >= 4 is 21.9 Å². The maximum atomic E-state index is 15.0. The molecule has 3 rings (SSSR count). The molecule has 0 radical (unpaired) electrons. The highest BCUT2D eigenvalue weighted by Crippen LogP contribution is 2.41. The Morgan fingerprint density at radius 3 is 2.28 bits per heavy atom. The van der Waals surface area contributed by atoms with E-state index in [9.17, 15) is 14.3 Å². The highest BCUT2D eigenvalue weighted by atomic mass is 79.9. The summed E-state index contributed by atoms with van der Waals surface area (Å²) in [6.07, 6.45) is -1.10. The quantitative estimate of drug-likeness (QED) is 0.377. The van der Waals surface area contributed by atoms with E-state index in [1.807, 2.05) is 30.3 Å². The third-order valence-corrected chi connectivity index (χ3v) is 5.19. The van der Waals surface area contributed by atoms with Gasteiger partial charge in [0.15, 0.2) is 0 Å². The first-order valence-electron chi connectivity index (χ1n) is 9.03. The average molecular weight is 459 g/mol. The number of rotatable bonds is 6. The van der Waals surface area contributed by atoms with Crippen LogP contribution in [0.1, 0.15) is 40.1 Å². The van der Waals surface area contributed by atoms with Gasteiger partial charge in [0.25, 0.3) is 0 Å². The maximum absolute atomic E-state index is 15.0. The Hall–Kier alpha value is -2.70. The Balaban J connectivity index is 2.05. The van der Waals surface area contributed by atoms with Crippen LogP contribution in [0.3, 0.4) is 0 Å². The van der Waals surface area contributed by atoms with Crippen molar-refractivity contribution in [3.63, 3.8) is 0 Å². The van der Waals surface area contributed by atoms with Crippen molar-refractivity contribution in [1.82, 2.24) is 0 Å². The van der Waals surface area contributed by atoms with Crippen LogP contribution in [0.5, 0.6) is 11.5 Å². The summed E-state index contributed by atoms with van der Waals surface area (Å²) in [5.41, 5.74) is 0.927. The number of carbonyl (C=O) groups excluding carboxylic acids is 1. The molecule has 0 aliphatic heterocycles. The lowest BCUT2D eigenvalue weighted by Gasteiger charge is -2.20. The number of esters is 1. The smallest absolute Gasteiger partial charge is 0.347 e. The number of aliphatic hydroxyl groups is 1. The molecule has 0 saturated heterocycles. The van der Waals surface area contributed by atoms with Crippen LogP contribution >= 0.6 is 15.9 Å². The average Bonchev–Trinajstić information content (AvgIpc) is 2.71. The molecule has 150 valence electrons. The summed E-state index contributed by atoms with van der Waals surface area (Å²) in [6.45, 7) is 3.07. The molecule has 4 nitrogen and oxygen atoms in total. The molecule has 0 fully saturated rings. The van der Waals surface area contributed by atoms with E-state index in [2.05, 4.69) is 15.9 Å². The summed E-state index contributed by atoms with van der Waals surface area (Å²) in [5, 5.41) is 10.0. The Morgan fingerprint density at radius 1 is 1.10 bits per heavy atom. The molecule has 0 bridgehead atoms. The molecule has 29 heavy (non-hydrogen) atoms. The van der Waals surface area contributed by atoms with Crippen LogP contribution in [0.25, 0.3) is 0 Å². The number of aliphatic hydroxyl groups excluding tert-OH is 1. The summed E-state index contributed by atoms with van der Waals surface area (Å²) < 4.78 is 26.5. The van der Waals surface area contributed by atoms with Crippen LogP contribution in [-0.2, 0) is 6.61 Å². The van der Waals surface area contributed by atoms with Crippen LogP contribution in [-0.4, -0.2) is 11.1 Å². The number of hydrogen-bond donors (Lipinski definition) is 1. The highest BCUT2D eigenvalue weighted by molar-refractivity contribution is 9.10. The van der Waals surface area contributed by atoms with E-state index in [-0.39, 0.29) is 33.5 Å². The summed E-state index contributed by atoms with van der Waals surface area (Å²) >= 11 is 3.31. The molecule has 0 spiro atoms. The molecule has 6 heteroatoms. The molecular formula is C23H20BrFO4. The third kappa shape index (κ3) is 4.66. The SMILES string of the molecule is Cc1c(F)c(C(C)O)c(Br)c(OCc2ccccc2)c1C(=O)Oc1ccccc1. The minimum atomic E-state index is -1.10. The fraction of sp³-hybridized carbons (Fsp3) is 0.174. The molecule has 0 aromatic heterocycles. The standard InChI is InChI=1S/C23H20BrFO4/c1-14-18(23(27)29-17-11-7-4-8-12-17)22(20(24)19(15(2)26)21(14)25)28-13-16-9-5-3-6-10-16/h3-12,15,26H,13H2,1-2H3. The van der Waals surface area contributed by atoms with Crippen molar-refractivity contribution in [2.45, 2.75) is 26.6 Å². The van der Waals surface area contributed by atoms with E-state index >= 15 is 0 Å². The van der Waals surface area contributed by atoms with E-state index in [4.69, 9.17) is 9.47 Å². The van der Waals surface area contributed by atoms with Crippen LogP contribution in [0.15, 0.2) is 65.1 Å². The molecule has 3 aromatic carbocycles. The van der Waals surface area contributed by atoms with Gasteiger partial charge in [-0.05, 0) is 47.5 Å². The Labute approximate surface area is 177 Å². The van der Waals surface area contributed by atoms with E-state index in [0.717, 1.165) is 5.56 Å². The lowest BCUT2D eigenvalue weighted by atomic mass is 9.99. The number of hydrogen-bond acceptors (Lipinski definition) is 4. The number of carbonyl (C=O) groups is 1. The molecular weight excluding hydrogens is 439 g/mol. The van der Waals surface area contributed by atoms with Crippen molar-refractivity contribution in [3.8, 4) is 11.5 Å². The molecule has 1 unspecified atom stereocenters. The van der Waals surface area contributed by atoms with Gasteiger partial charge in [0.2, 0.25) is 0 Å². The number of benzene rings is 3. The molecule has 0 heterocycles. The summed E-state index contributed by atoms with van der Waals surface area (Å²) in [4.78, 5) is 12.9. The second kappa shape index (κ2) is 9.20. The van der Waals surface area contributed by atoms with Crippen LogP contribution < -0.4 is 9.47 Å². The zero-order valence-electron chi connectivity index (χ0n) is 16.0. The van der Waals surface area contributed by atoms with Gasteiger partial charge in [0, 0.05) is 11.1 Å². The van der Waals surface area contributed by atoms with Gasteiger partial charge in [0.05, 0.1) is 10.6 Å². The van der Waals surface area contributed by atoms with Crippen molar-refractivity contribution in [2.24, 2.45) is 0 Å². The van der Waals surface area contributed by atoms with Crippen molar-refractivity contribution in [1.29, 1.82) is 0 Å². The first kappa shape index (κ1) is 21.0. The molecule has 3 aromatic rings. The monoisotopic (exact) mass is 458 g/mol. The van der Waals surface area contributed by atoms with Gasteiger partial charge >= 0.3 is 5.97 Å². The predicted molar refractivity (Wildman–Crippen MR) is 112 cm³/mol. The van der Waals surface area contributed by atoms with Crippen molar-refractivity contribution in [2.75, 3.05) is 0 Å². The topological polar surface area (TPSA) is 55.8 Å². The lowest BCUT2D eigenvalue weighted by molar-refractivity contribution is 0.0727. The minimum Gasteiger partial charge on any atom is -0.487 e. The van der Waals surface area contributed by atoms with Gasteiger partial charge in [-0.3, -0.25) is 0 Å². The fourth-order valence-corrected chi connectivity index (χ4v) is 3.75. The normalized spacial score (nSPS) is 11.8. The molecule has 0 aliphatic rings. The molecule has 0 saturated carbocycles. The summed E-state index contributed by atoms with van der Waals surface area (Å²) in [6, 6.07) is 17.9. The maximum Gasteiger partial charge on any atom is 0.347 e. The Morgan fingerprint density at radius 2 is 1.69 bits per heavy atom. The first-order valence-corrected chi connectivity index (χ1v) is 9.83. The van der Waals surface area contributed by atoms with E-state index in [1.165, 1.54) is 13.8 Å². The second-order valence-corrected chi connectivity index (χ2v) is 7.32. The van der Waals surface area contributed by atoms with Gasteiger partial charge in [-0.25, -0.2) is 9.18 Å². The molecule has 0 amide bonds. The zero-order chi connectivity index (χ0) is 21.0. The van der Waals surface area contributed by atoms with Crippen molar-refractivity contribution < 1.29 is 23.8 Å². The van der Waals surface area contributed by atoms with E-state index < -0.39 is 17.9 Å². The predicted octanol–water partition coefficient (Wildman–Crippen LogP) is 5.75. The largest absolute Gasteiger partial charge is 0.487 e. The van der Waals surface area contributed by atoms with Gasteiger partial charge in [0.1, 0.15) is 29.5 Å². The Bertz CT molecular complexity index is 1000. The molecule has 1 N–H and O–H groups in total. The van der Waals surface area contributed by atoms with Crippen LogP contribution in [0.4, 0.5) is 4.39 Å². The molecule has 1 atom stereocenters. The van der Waals surface area contributed by atoms with Gasteiger partial charge < -0.3 is 14.6 Å². The van der Waals surface area contributed by atoms with Gasteiger partial charge in [-0.2, -0.15) is 0 Å². The van der Waals surface area contributed by atoms with Crippen LogP contribution in [0.2, 0.25) is 0 Å². The van der Waals surface area contributed by atoms with Crippen LogP contribution in [0, 0.1) is 12.7 Å². The van der Waals surface area contributed by atoms with E-state index in [0.29, 0.717) is 5.75 Å². The number of ether oxygens (including phenoxy) is 2. The third-order valence-electron chi connectivity index (χ3n) is 4.41. The lowest BCUT2D eigenvalue weighted by Crippen LogP contribution is -2.16. The minimum absolute atomic E-state index is 0.0291. The highest BCUT2D eigenvalue weighted by Gasteiger charge is 2.29. The fourth-order valence-electron chi connectivity index (χ4n) is 2.93. The van der Waals surface area contributed by atoms with Crippen molar-refractivity contribution in [3.05, 3.63) is 93.2 Å².